The molecule has 0 spiro atoms. The van der Waals surface area contributed by atoms with Crippen LogP contribution in [0.3, 0.4) is 0 Å². The van der Waals surface area contributed by atoms with E-state index in [2.05, 4.69) is 10.3 Å². The molecule has 0 saturated heterocycles. The number of hydrogen-bond acceptors (Lipinski definition) is 4. The van der Waals surface area contributed by atoms with Gasteiger partial charge in [-0.25, -0.2) is 9.37 Å². The molecular weight excluding hydrogens is 383 g/mol. The Balaban J connectivity index is 1.60. The zero-order chi connectivity index (χ0) is 19.9. The van der Waals surface area contributed by atoms with Crippen molar-refractivity contribution in [3.8, 4) is 11.5 Å². The molecule has 0 radical (unpaired) electrons. The minimum atomic E-state index is -0.396. The Morgan fingerprint density at radius 3 is 2.64 bits per heavy atom. The van der Waals surface area contributed by atoms with Gasteiger partial charge in [0.1, 0.15) is 29.1 Å². The van der Waals surface area contributed by atoms with Crippen LogP contribution in [0.4, 0.5) is 4.39 Å². The number of nitrogens with one attached hydrogen (secondary N) is 1. The summed E-state index contributed by atoms with van der Waals surface area (Å²) in [7, 11) is 1.55. The molecule has 1 unspecified atom stereocenters. The predicted octanol–water partition coefficient (Wildman–Crippen LogP) is 4.78. The Morgan fingerprint density at radius 1 is 1.14 bits per heavy atom. The molecule has 0 aliphatic carbocycles. The highest BCUT2D eigenvalue weighted by atomic mass is 35.5. The van der Waals surface area contributed by atoms with Gasteiger partial charge in [-0.3, -0.25) is 4.79 Å². The molecule has 144 valence electrons. The summed E-state index contributed by atoms with van der Waals surface area (Å²) in [6.07, 6.45) is 1.02. The quantitative estimate of drug-likeness (QED) is 0.619. The number of pyridine rings is 1. The molecule has 0 aliphatic heterocycles. The van der Waals surface area contributed by atoms with Crippen molar-refractivity contribution in [3.63, 3.8) is 0 Å². The monoisotopic (exact) mass is 400 g/mol. The summed E-state index contributed by atoms with van der Waals surface area (Å²) in [5.41, 5.74) is 1.01. The fourth-order valence-electron chi connectivity index (χ4n) is 2.57. The number of amides is 1. The van der Waals surface area contributed by atoms with E-state index in [1.807, 2.05) is 18.2 Å². The van der Waals surface area contributed by atoms with Crippen molar-refractivity contribution in [2.24, 2.45) is 0 Å². The average molecular weight is 401 g/mol. The van der Waals surface area contributed by atoms with E-state index in [1.54, 1.807) is 31.4 Å². The van der Waals surface area contributed by atoms with Gasteiger partial charge in [-0.15, -0.1) is 0 Å². The SMILES string of the molecule is COC(CNC(=O)c1ccc(Oc2cccc(F)c2)cn1)c1ccccc1Cl. The van der Waals surface area contributed by atoms with Crippen LogP contribution in [0.15, 0.2) is 66.9 Å². The van der Waals surface area contributed by atoms with Gasteiger partial charge in [-0.05, 0) is 30.3 Å². The van der Waals surface area contributed by atoms with Crippen LogP contribution in [-0.4, -0.2) is 24.5 Å². The molecule has 0 bridgehead atoms. The summed E-state index contributed by atoms with van der Waals surface area (Å²) in [6, 6.07) is 16.2. The fourth-order valence-corrected chi connectivity index (χ4v) is 2.83. The number of methoxy groups -OCH3 is 1. The van der Waals surface area contributed by atoms with Gasteiger partial charge in [0.15, 0.2) is 0 Å². The maximum absolute atomic E-state index is 13.2. The first kappa shape index (κ1) is 19.8. The lowest BCUT2D eigenvalue weighted by Crippen LogP contribution is -2.29. The van der Waals surface area contributed by atoms with Gasteiger partial charge in [0.05, 0.1) is 6.20 Å². The third-order valence-electron chi connectivity index (χ3n) is 3.99. The highest BCUT2D eigenvalue weighted by molar-refractivity contribution is 6.31. The summed E-state index contributed by atoms with van der Waals surface area (Å²) >= 11 is 6.18. The van der Waals surface area contributed by atoms with E-state index in [0.717, 1.165) is 5.56 Å². The van der Waals surface area contributed by atoms with Crippen molar-refractivity contribution < 1.29 is 18.7 Å². The van der Waals surface area contributed by atoms with Crippen LogP contribution in [0.5, 0.6) is 11.5 Å². The molecule has 0 saturated carbocycles. The highest BCUT2D eigenvalue weighted by Crippen LogP contribution is 2.24. The first-order chi connectivity index (χ1) is 13.6. The summed E-state index contributed by atoms with van der Waals surface area (Å²) in [5.74, 6) is -0.00579. The van der Waals surface area contributed by atoms with E-state index < -0.39 is 5.82 Å². The van der Waals surface area contributed by atoms with Crippen molar-refractivity contribution in [2.45, 2.75) is 6.10 Å². The maximum atomic E-state index is 13.2. The van der Waals surface area contributed by atoms with E-state index in [1.165, 1.54) is 24.4 Å². The predicted molar refractivity (Wildman–Crippen MR) is 104 cm³/mol. The Labute approximate surface area is 167 Å². The largest absolute Gasteiger partial charge is 0.456 e. The smallest absolute Gasteiger partial charge is 0.269 e. The van der Waals surface area contributed by atoms with Gasteiger partial charge in [0, 0.05) is 30.3 Å². The first-order valence-electron chi connectivity index (χ1n) is 8.51. The summed E-state index contributed by atoms with van der Waals surface area (Å²) in [5, 5.41) is 3.35. The number of nitrogens with zero attached hydrogens (tertiary/aromatic N) is 1. The topological polar surface area (TPSA) is 60.5 Å². The number of hydrogen-bond donors (Lipinski definition) is 1. The van der Waals surface area contributed by atoms with Crippen molar-refractivity contribution in [1.29, 1.82) is 0 Å². The molecular formula is C21H18ClFN2O3. The number of carbonyl (C=O) groups excluding carboxylic acids is 1. The Kier molecular flexibility index (Phi) is 6.57. The Morgan fingerprint density at radius 2 is 1.96 bits per heavy atom. The molecule has 2 aromatic carbocycles. The molecule has 3 aromatic rings. The minimum Gasteiger partial charge on any atom is -0.456 e. The van der Waals surface area contributed by atoms with Crippen molar-refractivity contribution in [3.05, 3.63) is 89.0 Å². The number of benzene rings is 2. The van der Waals surface area contributed by atoms with E-state index in [9.17, 15) is 9.18 Å². The van der Waals surface area contributed by atoms with Gasteiger partial charge in [-0.1, -0.05) is 35.9 Å². The van der Waals surface area contributed by atoms with Gasteiger partial charge in [0.2, 0.25) is 0 Å². The lowest BCUT2D eigenvalue weighted by Gasteiger charge is -2.17. The maximum Gasteiger partial charge on any atom is 0.269 e. The summed E-state index contributed by atoms with van der Waals surface area (Å²) in [4.78, 5) is 16.4. The van der Waals surface area contributed by atoms with Gasteiger partial charge >= 0.3 is 0 Å². The van der Waals surface area contributed by atoms with Crippen LogP contribution < -0.4 is 10.1 Å². The molecule has 3 rings (SSSR count). The Bertz CT molecular complexity index is 950. The standard InChI is InChI=1S/C21H18ClFN2O3/c1-27-20(17-7-2-3-8-18(17)22)13-25-21(26)19-10-9-16(12-24-19)28-15-6-4-5-14(23)11-15/h2-12,20H,13H2,1H3,(H,25,26). The fraction of sp³-hybridized carbons (Fsp3) is 0.143. The van der Waals surface area contributed by atoms with E-state index in [-0.39, 0.29) is 24.2 Å². The second-order valence-corrected chi connectivity index (χ2v) is 6.30. The average Bonchev–Trinajstić information content (AvgIpc) is 2.70. The normalized spacial score (nSPS) is 11.7. The second-order valence-electron chi connectivity index (χ2n) is 5.89. The summed E-state index contributed by atoms with van der Waals surface area (Å²) < 4.78 is 24.1. The third-order valence-corrected chi connectivity index (χ3v) is 4.33. The van der Waals surface area contributed by atoms with Crippen molar-refractivity contribution >= 4 is 17.5 Å². The number of halogens is 2. The first-order valence-corrected chi connectivity index (χ1v) is 8.89. The number of aromatic nitrogens is 1. The molecule has 1 heterocycles. The van der Waals surface area contributed by atoms with Gasteiger partial charge in [-0.2, -0.15) is 0 Å². The lowest BCUT2D eigenvalue weighted by molar-refractivity contribution is 0.0824. The Hall–Kier alpha value is -2.96. The minimum absolute atomic E-state index is 0.223. The van der Waals surface area contributed by atoms with Crippen LogP contribution in [0.1, 0.15) is 22.2 Å². The number of rotatable bonds is 7. The molecule has 7 heteroatoms. The molecule has 1 atom stereocenters. The molecule has 28 heavy (non-hydrogen) atoms. The molecule has 1 N–H and O–H groups in total. The van der Waals surface area contributed by atoms with Crippen molar-refractivity contribution in [2.75, 3.05) is 13.7 Å². The molecule has 1 aromatic heterocycles. The highest BCUT2D eigenvalue weighted by Gasteiger charge is 2.16. The molecule has 5 nitrogen and oxygen atoms in total. The number of ether oxygens (including phenoxy) is 2. The molecule has 1 amide bonds. The van der Waals surface area contributed by atoms with Crippen LogP contribution >= 0.6 is 11.6 Å². The zero-order valence-corrected chi connectivity index (χ0v) is 15.8. The van der Waals surface area contributed by atoms with Crippen LogP contribution in [0.25, 0.3) is 0 Å². The van der Waals surface area contributed by atoms with Crippen molar-refractivity contribution in [1.82, 2.24) is 10.3 Å². The van der Waals surface area contributed by atoms with E-state index in [0.29, 0.717) is 16.5 Å². The van der Waals surface area contributed by atoms with E-state index >= 15 is 0 Å². The van der Waals surface area contributed by atoms with Gasteiger partial charge < -0.3 is 14.8 Å². The second kappa shape index (κ2) is 9.30. The van der Waals surface area contributed by atoms with Crippen LogP contribution in [-0.2, 0) is 4.74 Å². The molecule has 0 fully saturated rings. The van der Waals surface area contributed by atoms with Crippen LogP contribution in [0, 0.1) is 5.82 Å². The van der Waals surface area contributed by atoms with Gasteiger partial charge in [0.25, 0.3) is 5.91 Å². The summed E-state index contributed by atoms with van der Waals surface area (Å²) in [6.45, 7) is 0.238. The van der Waals surface area contributed by atoms with Crippen LogP contribution in [0.2, 0.25) is 5.02 Å². The number of carbonyl (C=O) groups is 1. The zero-order valence-electron chi connectivity index (χ0n) is 15.1. The van der Waals surface area contributed by atoms with E-state index in [4.69, 9.17) is 21.1 Å². The molecule has 0 aliphatic rings. The third kappa shape index (κ3) is 5.06. The lowest BCUT2D eigenvalue weighted by atomic mass is 10.1.